The first kappa shape index (κ1) is 21.8. The SMILES string of the molecule is CSc1ccc(C(=O)COC(=O)CNS(=O)(=O)c2ccc(C(C)=O)cc2)cc1. The summed E-state index contributed by atoms with van der Waals surface area (Å²) in [5.74, 6) is -1.45. The molecule has 0 amide bonds. The maximum Gasteiger partial charge on any atom is 0.321 e. The topological polar surface area (TPSA) is 107 Å². The quantitative estimate of drug-likeness (QED) is 0.376. The molecule has 0 fully saturated rings. The Balaban J connectivity index is 1.86. The van der Waals surface area contributed by atoms with E-state index in [1.54, 1.807) is 24.3 Å². The Morgan fingerprint density at radius 1 is 0.964 bits per heavy atom. The van der Waals surface area contributed by atoms with Gasteiger partial charge in [-0.25, -0.2) is 8.42 Å². The van der Waals surface area contributed by atoms with Gasteiger partial charge in [-0.1, -0.05) is 24.3 Å². The molecule has 0 aliphatic heterocycles. The molecule has 2 aromatic carbocycles. The molecule has 0 unspecified atom stereocenters. The minimum atomic E-state index is -3.95. The van der Waals surface area contributed by atoms with Crippen LogP contribution in [0.5, 0.6) is 0 Å². The number of thioether (sulfide) groups is 1. The normalized spacial score (nSPS) is 11.1. The molecule has 0 spiro atoms. The lowest BCUT2D eigenvalue weighted by Gasteiger charge is -2.08. The van der Waals surface area contributed by atoms with Crippen molar-refractivity contribution in [2.45, 2.75) is 16.7 Å². The minimum Gasteiger partial charge on any atom is -0.456 e. The minimum absolute atomic E-state index is 0.0877. The van der Waals surface area contributed by atoms with Crippen LogP contribution in [0.25, 0.3) is 0 Å². The zero-order chi connectivity index (χ0) is 20.7. The van der Waals surface area contributed by atoms with Gasteiger partial charge in [0.25, 0.3) is 0 Å². The van der Waals surface area contributed by atoms with Crippen molar-refractivity contribution in [3.05, 3.63) is 59.7 Å². The van der Waals surface area contributed by atoms with Gasteiger partial charge in [0.15, 0.2) is 18.2 Å². The maximum atomic E-state index is 12.2. The molecule has 28 heavy (non-hydrogen) atoms. The summed E-state index contributed by atoms with van der Waals surface area (Å²) in [5, 5.41) is 0. The average Bonchev–Trinajstić information content (AvgIpc) is 2.70. The van der Waals surface area contributed by atoms with Crippen molar-refractivity contribution < 1.29 is 27.5 Å². The van der Waals surface area contributed by atoms with Crippen LogP contribution < -0.4 is 4.72 Å². The summed E-state index contributed by atoms with van der Waals surface area (Å²) in [6.45, 7) is 0.276. The van der Waals surface area contributed by atoms with Gasteiger partial charge in [-0.2, -0.15) is 4.72 Å². The van der Waals surface area contributed by atoms with Crippen LogP contribution >= 0.6 is 11.8 Å². The molecule has 0 saturated carbocycles. The van der Waals surface area contributed by atoms with Crippen molar-refractivity contribution in [2.75, 3.05) is 19.4 Å². The largest absolute Gasteiger partial charge is 0.456 e. The second-order valence-corrected chi connectivity index (χ2v) is 8.36. The van der Waals surface area contributed by atoms with Crippen LogP contribution in [0.4, 0.5) is 0 Å². The Hall–Kier alpha value is -2.49. The molecule has 0 bridgehead atoms. The molecule has 0 aliphatic carbocycles. The Morgan fingerprint density at radius 3 is 2.07 bits per heavy atom. The molecule has 7 nitrogen and oxygen atoms in total. The number of rotatable bonds is 9. The first-order chi connectivity index (χ1) is 13.2. The molecule has 1 N–H and O–H groups in total. The molecular weight excluding hydrogens is 402 g/mol. The van der Waals surface area contributed by atoms with Crippen molar-refractivity contribution in [1.29, 1.82) is 0 Å². The number of hydrogen-bond donors (Lipinski definition) is 1. The monoisotopic (exact) mass is 421 g/mol. The standard InChI is InChI=1S/C19H19NO6S2/c1-13(21)14-5-9-17(10-6-14)28(24,25)20-11-19(23)26-12-18(22)15-3-7-16(27-2)8-4-15/h3-10,20H,11-12H2,1-2H3. The lowest BCUT2D eigenvalue weighted by atomic mass is 10.1. The molecule has 2 rings (SSSR count). The highest BCUT2D eigenvalue weighted by molar-refractivity contribution is 7.98. The summed E-state index contributed by atoms with van der Waals surface area (Å²) < 4.78 is 31.3. The van der Waals surface area contributed by atoms with E-state index in [-0.39, 0.29) is 16.5 Å². The van der Waals surface area contributed by atoms with Gasteiger partial charge < -0.3 is 4.74 Å². The highest BCUT2D eigenvalue weighted by atomic mass is 32.2. The molecule has 0 aliphatic rings. The first-order valence-corrected chi connectivity index (χ1v) is 10.9. The number of esters is 1. The van der Waals surface area contributed by atoms with Crippen molar-refractivity contribution in [3.63, 3.8) is 0 Å². The second kappa shape index (κ2) is 9.63. The smallest absolute Gasteiger partial charge is 0.321 e. The van der Waals surface area contributed by atoms with E-state index in [2.05, 4.69) is 4.72 Å². The number of hydrogen-bond acceptors (Lipinski definition) is 7. The van der Waals surface area contributed by atoms with E-state index in [1.165, 1.54) is 43.0 Å². The van der Waals surface area contributed by atoms with E-state index in [4.69, 9.17) is 4.74 Å². The number of ether oxygens (including phenoxy) is 1. The van der Waals surface area contributed by atoms with Gasteiger partial charge in [-0.15, -0.1) is 11.8 Å². The van der Waals surface area contributed by atoms with E-state index >= 15 is 0 Å². The number of carbonyl (C=O) groups excluding carboxylic acids is 3. The summed E-state index contributed by atoms with van der Waals surface area (Å²) in [6, 6.07) is 12.1. The van der Waals surface area contributed by atoms with Crippen molar-refractivity contribution in [1.82, 2.24) is 4.72 Å². The highest BCUT2D eigenvalue weighted by Crippen LogP contribution is 2.15. The van der Waals surface area contributed by atoms with Crippen LogP contribution in [0.3, 0.4) is 0 Å². The Bertz CT molecular complexity index is 966. The fourth-order valence-corrected chi connectivity index (χ4v) is 3.54. The summed E-state index contributed by atoms with van der Waals surface area (Å²) in [6.07, 6.45) is 1.91. The molecule has 0 saturated heterocycles. The van der Waals surface area contributed by atoms with E-state index in [0.717, 1.165) is 4.90 Å². The lowest BCUT2D eigenvalue weighted by Crippen LogP contribution is -2.31. The average molecular weight is 421 g/mol. The molecule has 9 heteroatoms. The molecule has 0 heterocycles. The van der Waals surface area contributed by atoms with Crippen LogP contribution in [-0.4, -0.2) is 45.4 Å². The van der Waals surface area contributed by atoms with E-state index < -0.39 is 29.1 Å². The predicted molar refractivity (Wildman–Crippen MR) is 105 cm³/mol. The summed E-state index contributed by atoms with van der Waals surface area (Å²) in [4.78, 5) is 35.9. The highest BCUT2D eigenvalue weighted by Gasteiger charge is 2.17. The van der Waals surface area contributed by atoms with Gasteiger partial charge in [0.2, 0.25) is 10.0 Å². The molecule has 0 radical (unpaired) electrons. The summed E-state index contributed by atoms with van der Waals surface area (Å²) in [5.41, 5.74) is 0.777. The molecular formula is C19H19NO6S2. The van der Waals surface area contributed by atoms with Crippen LogP contribution in [0, 0.1) is 0 Å². The Kier molecular flexibility index (Phi) is 7.50. The molecule has 0 aromatic heterocycles. The van der Waals surface area contributed by atoms with Gasteiger partial charge in [0, 0.05) is 16.0 Å². The van der Waals surface area contributed by atoms with E-state index in [1.807, 2.05) is 6.26 Å². The second-order valence-electron chi connectivity index (χ2n) is 5.72. The maximum absolute atomic E-state index is 12.2. The van der Waals surface area contributed by atoms with Gasteiger partial charge >= 0.3 is 5.97 Å². The van der Waals surface area contributed by atoms with Crippen molar-refractivity contribution >= 4 is 39.3 Å². The van der Waals surface area contributed by atoms with Crippen molar-refractivity contribution in [3.8, 4) is 0 Å². The summed E-state index contributed by atoms with van der Waals surface area (Å²) >= 11 is 1.54. The van der Waals surface area contributed by atoms with Crippen molar-refractivity contribution in [2.24, 2.45) is 0 Å². The number of nitrogens with one attached hydrogen (secondary N) is 1. The van der Waals surface area contributed by atoms with Gasteiger partial charge in [0.05, 0.1) is 4.90 Å². The van der Waals surface area contributed by atoms with E-state index in [0.29, 0.717) is 11.1 Å². The zero-order valence-corrected chi connectivity index (χ0v) is 16.9. The third-order valence-electron chi connectivity index (χ3n) is 3.75. The Morgan fingerprint density at radius 2 is 1.54 bits per heavy atom. The van der Waals surface area contributed by atoms with Crippen LogP contribution in [0.2, 0.25) is 0 Å². The first-order valence-electron chi connectivity index (χ1n) is 8.16. The fraction of sp³-hybridized carbons (Fsp3) is 0.211. The lowest BCUT2D eigenvalue weighted by molar-refractivity contribution is -0.141. The molecule has 2 aromatic rings. The number of sulfonamides is 1. The molecule has 0 atom stereocenters. The van der Waals surface area contributed by atoms with Crippen LogP contribution in [0.1, 0.15) is 27.6 Å². The number of ketones is 2. The summed E-state index contributed by atoms with van der Waals surface area (Å²) in [7, 11) is -3.95. The van der Waals surface area contributed by atoms with Gasteiger partial charge in [0.1, 0.15) is 6.54 Å². The predicted octanol–water partition coefficient (Wildman–Crippen LogP) is 2.32. The van der Waals surface area contributed by atoms with Crippen LogP contribution in [-0.2, 0) is 19.6 Å². The van der Waals surface area contributed by atoms with Gasteiger partial charge in [-0.05, 0) is 37.4 Å². The number of benzene rings is 2. The van der Waals surface area contributed by atoms with Crippen LogP contribution in [0.15, 0.2) is 58.3 Å². The van der Waals surface area contributed by atoms with Gasteiger partial charge in [-0.3, -0.25) is 14.4 Å². The Labute approximate surface area is 167 Å². The zero-order valence-electron chi connectivity index (χ0n) is 15.3. The van der Waals surface area contributed by atoms with E-state index in [9.17, 15) is 22.8 Å². The number of carbonyl (C=O) groups is 3. The molecule has 148 valence electrons. The fourth-order valence-electron chi connectivity index (χ4n) is 2.16. The third kappa shape index (κ3) is 6.01. The third-order valence-corrected chi connectivity index (χ3v) is 5.91. The number of Topliss-reactive ketones (excluding diaryl/α,β-unsaturated/α-hetero) is 2.